The van der Waals surface area contributed by atoms with E-state index in [0.717, 1.165) is 6.42 Å². The van der Waals surface area contributed by atoms with Crippen molar-refractivity contribution in [2.75, 3.05) is 19.7 Å². The summed E-state index contributed by atoms with van der Waals surface area (Å²) in [4.78, 5) is 13.1. The van der Waals surface area contributed by atoms with E-state index in [4.69, 9.17) is 19.4 Å². The fourth-order valence-electron chi connectivity index (χ4n) is 3.73. The van der Waals surface area contributed by atoms with E-state index in [1.807, 2.05) is 12.1 Å². The first-order chi connectivity index (χ1) is 15.9. The molecule has 0 aliphatic carbocycles. The molecule has 0 saturated carbocycles. The lowest BCUT2D eigenvalue weighted by Crippen LogP contribution is -2.46. The van der Waals surface area contributed by atoms with Gasteiger partial charge in [0.15, 0.2) is 0 Å². The molecule has 0 amide bonds. The van der Waals surface area contributed by atoms with Crippen LogP contribution in [0.15, 0.2) is 53.7 Å². The molecule has 4 rings (SSSR count). The highest BCUT2D eigenvalue weighted by atomic mass is 32.2. The number of piperidine rings is 1. The van der Waals surface area contributed by atoms with Crippen molar-refractivity contribution in [3.05, 3.63) is 54.6 Å². The lowest BCUT2D eigenvalue weighted by atomic mass is 9.89. The Kier molecular flexibility index (Phi) is 7.78. The summed E-state index contributed by atoms with van der Waals surface area (Å²) in [6, 6.07) is 8.62. The minimum atomic E-state index is -5.08. The number of halogens is 4. The van der Waals surface area contributed by atoms with Crippen LogP contribution in [0.25, 0.3) is 0 Å². The van der Waals surface area contributed by atoms with Crippen LogP contribution in [0.5, 0.6) is 5.75 Å². The van der Waals surface area contributed by atoms with E-state index in [0.29, 0.717) is 38.3 Å². The van der Waals surface area contributed by atoms with Crippen LogP contribution in [-0.2, 0) is 19.6 Å². The quantitative estimate of drug-likeness (QED) is 0.635. The van der Waals surface area contributed by atoms with E-state index in [2.05, 4.69) is 4.98 Å². The number of carbonyl (C=O) groups is 1. The van der Waals surface area contributed by atoms with Gasteiger partial charge in [0.25, 0.3) is 0 Å². The molecule has 1 aromatic heterocycles. The second kappa shape index (κ2) is 10.2. The van der Waals surface area contributed by atoms with Gasteiger partial charge in [0.05, 0.1) is 23.3 Å². The van der Waals surface area contributed by atoms with Crippen LogP contribution in [-0.4, -0.2) is 66.4 Å². The maximum absolute atomic E-state index is 13.1. The van der Waals surface area contributed by atoms with Gasteiger partial charge in [0.2, 0.25) is 10.0 Å². The molecule has 3 heterocycles. The molecule has 1 atom stereocenters. The van der Waals surface area contributed by atoms with Gasteiger partial charge in [-0.25, -0.2) is 17.6 Å². The number of benzene rings is 1. The fourth-order valence-corrected chi connectivity index (χ4v) is 5.17. The summed E-state index contributed by atoms with van der Waals surface area (Å²) in [7, 11) is -3.62. The SMILES string of the molecule is O=C(O)C(F)(F)F.O=S(=O)(c1ccc(F)cc1)N1CCC2(CC1)CC(Oc1cccnc1)CO2. The second-order valence-electron chi connectivity index (χ2n) is 7.79. The predicted molar refractivity (Wildman–Crippen MR) is 110 cm³/mol. The average Bonchev–Trinajstić information content (AvgIpc) is 3.16. The third-order valence-electron chi connectivity index (χ3n) is 5.44. The molecule has 34 heavy (non-hydrogen) atoms. The summed E-state index contributed by atoms with van der Waals surface area (Å²) >= 11 is 0. The normalized spacial score (nSPS) is 20.4. The number of ether oxygens (including phenoxy) is 2. The molecule has 2 aliphatic rings. The lowest BCUT2D eigenvalue weighted by Gasteiger charge is -2.37. The molecule has 186 valence electrons. The zero-order valence-corrected chi connectivity index (χ0v) is 18.6. The number of hydrogen-bond donors (Lipinski definition) is 1. The minimum absolute atomic E-state index is 0.0607. The fraction of sp³-hybridized carbons (Fsp3) is 0.429. The van der Waals surface area contributed by atoms with Crippen LogP contribution >= 0.6 is 0 Å². The number of carboxylic acid groups (broad SMARTS) is 1. The van der Waals surface area contributed by atoms with Crippen LogP contribution in [0.2, 0.25) is 0 Å². The molecular formula is C21H22F4N2O6S. The smallest absolute Gasteiger partial charge is 0.486 e. The first kappa shape index (κ1) is 25.8. The van der Waals surface area contributed by atoms with E-state index >= 15 is 0 Å². The van der Waals surface area contributed by atoms with Crippen molar-refractivity contribution < 1.29 is 45.4 Å². The number of rotatable bonds is 4. The second-order valence-corrected chi connectivity index (χ2v) is 9.73. The van der Waals surface area contributed by atoms with Crippen molar-refractivity contribution in [3.8, 4) is 5.75 Å². The average molecular weight is 506 g/mol. The maximum atomic E-state index is 13.1. The predicted octanol–water partition coefficient (Wildman–Crippen LogP) is 3.25. The van der Waals surface area contributed by atoms with Crippen molar-refractivity contribution >= 4 is 16.0 Å². The lowest BCUT2D eigenvalue weighted by molar-refractivity contribution is -0.192. The first-order valence-electron chi connectivity index (χ1n) is 10.2. The molecule has 1 unspecified atom stereocenters. The molecular weight excluding hydrogens is 484 g/mol. The highest BCUT2D eigenvalue weighted by Gasteiger charge is 2.45. The number of aromatic nitrogens is 1. The summed E-state index contributed by atoms with van der Waals surface area (Å²) in [5, 5.41) is 7.12. The van der Waals surface area contributed by atoms with Crippen LogP contribution in [0, 0.1) is 5.82 Å². The topological polar surface area (TPSA) is 106 Å². The zero-order chi connectivity index (χ0) is 25.0. The van der Waals surface area contributed by atoms with Gasteiger partial charge >= 0.3 is 12.1 Å². The Morgan fingerprint density at radius 2 is 1.79 bits per heavy atom. The van der Waals surface area contributed by atoms with Crippen LogP contribution in [0.1, 0.15) is 19.3 Å². The summed E-state index contributed by atoms with van der Waals surface area (Å²) in [5.41, 5.74) is -0.346. The number of pyridine rings is 1. The Hall–Kier alpha value is -2.77. The van der Waals surface area contributed by atoms with E-state index in [1.165, 1.54) is 28.6 Å². The number of alkyl halides is 3. The summed E-state index contributed by atoms with van der Waals surface area (Å²) in [6.45, 7) is 1.23. The van der Waals surface area contributed by atoms with Gasteiger partial charge in [-0.3, -0.25) is 4.98 Å². The van der Waals surface area contributed by atoms with Crippen molar-refractivity contribution in [1.29, 1.82) is 0 Å². The van der Waals surface area contributed by atoms with Crippen LogP contribution in [0.3, 0.4) is 0 Å². The zero-order valence-electron chi connectivity index (χ0n) is 17.7. The first-order valence-corrected chi connectivity index (χ1v) is 11.6. The number of hydrogen-bond acceptors (Lipinski definition) is 6. The van der Waals surface area contributed by atoms with Crippen molar-refractivity contribution in [3.63, 3.8) is 0 Å². The van der Waals surface area contributed by atoms with Gasteiger partial charge in [0.1, 0.15) is 17.7 Å². The molecule has 2 aromatic rings. The summed E-state index contributed by atoms with van der Waals surface area (Å²) in [5.74, 6) is -2.50. The van der Waals surface area contributed by atoms with Crippen molar-refractivity contribution in [1.82, 2.24) is 9.29 Å². The van der Waals surface area contributed by atoms with E-state index in [-0.39, 0.29) is 16.6 Å². The molecule has 2 fully saturated rings. The van der Waals surface area contributed by atoms with Crippen LogP contribution in [0.4, 0.5) is 17.6 Å². The van der Waals surface area contributed by atoms with Gasteiger partial charge in [-0.1, -0.05) is 0 Å². The van der Waals surface area contributed by atoms with Crippen LogP contribution < -0.4 is 4.74 Å². The van der Waals surface area contributed by atoms with Gasteiger partial charge < -0.3 is 14.6 Å². The third kappa shape index (κ3) is 6.42. The molecule has 0 radical (unpaired) electrons. The van der Waals surface area contributed by atoms with E-state index in [1.54, 1.807) is 12.4 Å². The third-order valence-corrected chi connectivity index (χ3v) is 7.35. The molecule has 2 saturated heterocycles. The minimum Gasteiger partial charge on any atom is -0.486 e. The Bertz CT molecular complexity index is 1070. The standard InChI is InChI=1S/C19H21FN2O4S.C2HF3O2/c20-15-3-5-18(6-4-15)27(23,24)22-10-7-19(8-11-22)12-17(14-25-19)26-16-2-1-9-21-13-16;3-2(4,5)1(6)7/h1-6,9,13,17H,7-8,10-12,14H2;(H,6,7). The van der Waals surface area contributed by atoms with E-state index < -0.39 is 28.0 Å². The highest BCUT2D eigenvalue weighted by Crippen LogP contribution is 2.38. The molecule has 0 bridgehead atoms. The van der Waals surface area contributed by atoms with Crippen molar-refractivity contribution in [2.45, 2.75) is 42.0 Å². The number of nitrogens with zero attached hydrogens (tertiary/aromatic N) is 2. The van der Waals surface area contributed by atoms with Crippen molar-refractivity contribution in [2.24, 2.45) is 0 Å². The molecule has 1 spiro atoms. The molecule has 1 N–H and O–H groups in total. The Labute approximate surface area is 193 Å². The molecule has 2 aliphatic heterocycles. The molecule has 13 heteroatoms. The summed E-state index contributed by atoms with van der Waals surface area (Å²) in [6.07, 6.45) is 0.168. The van der Waals surface area contributed by atoms with E-state index in [9.17, 15) is 26.0 Å². The number of aliphatic carboxylic acids is 1. The number of sulfonamides is 1. The Morgan fingerprint density at radius 3 is 2.32 bits per heavy atom. The molecule has 1 aromatic carbocycles. The van der Waals surface area contributed by atoms with Gasteiger partial charge in [0, 0.05) is 25.7 Å². The monoisotopic (exact) mass is 506 g/mol. The van der Waals surface area contributed by atoms with Gasteiger partial charge in [-0.05, 0) is 49.2 Å². The van der Waals surface area contributed by atoms with Gasteiger partial charge in [-0.15, -0.1) is 0 Å². The maximum Gasteiger partial charge on any atom is 0.490 e. The number of carboxylic acids is 1. The Balaban J connectivity index is 0.000000406. The van der Waals surface area contributed by atoms with Gasteiger partial charge in [-0.2, -0.15) is 17.5 Å². The molecule has 8 nitrogen and oxygen atoms in total. The Morgan fingerprint density at radius 1 is 1.18 bits per heavy atom. The summed E-state index contributed by atoms with van der Waals surface area (Å²) < 4.78 is 83.7. The highest BCUT2D eigenvalue weighted by molar-refractivity contribution is 7.89. The largest absolute Gasteiger partial charge is 0.490 e.